The van der Waals surface area contributed by atoms with Gasteiger partial charge in [0.1, 0.15) is 0 Å². The van der Waals surface area contributed by atoms with E-state index in [1.165, 1.54) is 54.5 Å². The first-order valence-electron chi connectivity index (χ1n) is 20.3. The Morgan fingerprint density at radius 1 is 0.250 bits per heavy atom. The number of aromatic nitrogens is 5. The predicted molar refractivity (Wildman–Crippen MR) is 248 cm³/mol. The SMILES string of the molecule is c1ccc(-c2nc(-c3ccccc3)nc(-c3ccc(-n4c5ccccc5c5cc(-c6ccc7c(c6)c6ccccc6n7-c6ccc7ccccc7c6)ccc54)cc3)n2)cc1. The van der Waals surface area contributed by atoms with Gasteiger partial charge < -0.3 is 9.13 Å². The highest BCUT2D eigenvalue weighted by atomic mass is 15.0. The zero-order valence-corrected chi connectivity index (χ0v) is 32.4. The standard InChI is InChI=1S/C55H35N5/c1-3-14-37(15-4-1)53-56-54(38-16-5-2-6-17-38)58-55(57-53)39-24-28-43(29-25-39)59-49-21-11-9-19-45(49)47-34-41(26-31-51(47)59)42-27-32-52-48(35-42)46-20-10-12-22-50(46)60(52)44-30-23-36-13-7-8-18-40(36)33-44/h1-35H. The zero-order chi connectivity index (χ0) is 39.6. The van der Waals surface area contributed by atoms with Crippen molar-refractivity contribution in [1.29, 1.82) is 0 Å². The number of benzene rings is 9. The Morgan fingerprint density at radius 3 is 1.20 bits per heavy atom. The molecule has 0 fully saturated rings. The molecule has 0 bridgehead atoms. The molecule has 0 N–H and O–H groups in total. The maximum atomic E-state index is 4.96. The van der Waals surface area contributed by atoms with E-state index < -0.39 is 0 Å². The summed E-state index contributed by atoms with van der Waals surface area (Å²) in [4.78, 5) is 14.8. The summed E-state index contributed by atoms with van der Waals surface area (Å²) >= 11 is 0. The predicted octanol–water partition coefficient (Wildman–Crippen LogP) is 13.9. The van der Waals surface area contributed by atoms with E-state index in [0.717, 1.165) is 39.1 Å². The second-order valence-electron chi connectivity index (χ2n) is 15.3. The highest BCUT2D eigenvalue weighted by Gasteiger charge is 2.17. The monoisotopic (exact) mass is 765 g/mol. The molecule has 280 valence electrons. The molecule has 0 amide bonds. The molecule has 0 spiro atoms. The minimum Gasteiger partial charge on any atom is -0.309 e. The number of hydrogen-bond acceptors (Lipinski definition) is 3. The van der Waals surface area contributed by atoms with Crippen LogP contribution in [-0.2, 0) is 0 Å². The van der Waals surface area contributed by atoms with E-state index >= 15 is 0 Å². The maximum absolute atomic E-state index is 4.96. The lowest BCUT2D eigenvalue weighted by atomic mass is 10.0. The number of para-hydroxylation sites is 2. The first kappa shape index (κ1) is 33.9. The van der Waals surface area contributed by atoms with Gasteiger partial charge in [-0.2, -0.15) is 0 Å². The summed E-state index contributed by atoms with van der Waals surface area (Å²) in [5, 5.41) is 7.39. The Kier molecular flexibility index (Phi) is 7.78. The molecule has 3 aromatic heterocycles. The molecule has 5 heteroatoms. The Balaban J connectivity index is 0.949. The van der Waals surface area contributed by atoms with Gasteiger partial charge in [0.15, 0.2) is 17.5 Å². The van der Waals surface area contributed by atoms with Gasteiger partial charge in [-0.1, -0.05) is 140 Å². The third-order valence-electron chi connectivity index (χ3n) is 11.8. The van der Waals surface area contributed by atoms with Gasteiger partial charge in [-0.25, -0.2) is 15.0 Å². The molecule has 3 heterocycles. The van der Waals surface area contributed by atoms with Gasteiger partial charge in [0.25, 0.3) is 0 Å². The first-order valence-corrected chi connectivity index (χ1v) is 20.3. The van der Waals surface area contributed by atoms with Gasteiger partial charge in [-0.05, 0) is 94.7 Å². The van der Waals surface area contributed by atoms with E-state index in [0.29, 0.717) is 17.5 Å². The topological polar surface area (TPSA) is 48.5 Å². The van der Waals surface area contributed by atoms with Gasteiger partial charge in [0.2, 0.25) is 0 Å². The van der Waals surface area contributed by atoms with Crippen molar-refractivity contribution in [3.63, 3.8) is 0 Å². The summed E-state index contributed by atoms with van der Waals surface area (Å²) in [6.45, 7) is 0. The fraction of sp³-hybridized carbons (Fsp3) is 0. The van der Waals surface area contributed by atoms with Crippen LogP contribution in [0.15, 0.2) is 212 Å². The molecule has 0 saturated carbocycles. The highest BCUT2D eigenvalue weighted by Crippen LogP contribution is 2.39. The van der Waals surface area contributed by atoms with Crippen LogP contribution in [0.4, 0.5) is 0 Å². The Morgan fingerprint density at radius 2 is 0.650 bits per heavy atom. The number of rotatable bonds is 6. The molecular formula is C55H35N5. The van der Waals surface area contributed by atoms with Crippen LogP contribution in [0.25, 0.3) is 111 Å². The maximum Gasteiger partial charge on any atom is 0.164 e. The Hall–Kier alpha value is -8.15. The van der Waals surface area contributed by atoms with Crippen LogP contribution in [0.2, 0.25) is 0 Å². The lowest BCUT2D eigenvalue weighted by Crippen LogP contribution is -2.00. The van der Waals surface area contributed by atoms with Gasteiger partial charge in [0, 0.05) is 49.6 Å². The van der Waals surface area contributed by atoms with Gasteiger partial charge in [-0.15, -0.1) is 0 Å². The van der Waals surface area contributed by atoms with E-state index in [-0.39, 0.29) is 0 Å². The van der Waals surface area contributed by atoms with E-state index in [2.05, 4.69) is 161 Å². The number of nitrogens with zero attached hydrogens (tertiary/aromatic N) is 5. The van der Waals surface area contributed by atoms with E-state index in [1.807, 2.05) is 60.7 Å². The molecular weight excluding hydrogens is 731 g/mol. The fourth-order valence-electron chi connectivity index (χ4n) is 8.87. The van der Waals surface area contributed by atoms with Gasteiger partial charge in [-0.3, -0.25) is 0 Å². The Bertz CT molecular complexity index is 3530. The second kappa shape index (κ2) is 13.8. The van der Waals surface area contributed by atoms with Crippen LogP contribution in [0, 0.1) is 0 Å². The first-order chi connectivity index (χ1) is 29.7. The summed E-state index contributed by atoms with van der Waals surface area (Å²) in [6, 6.07) is 75.3. The smallest absolute Gasteiger partial charge is 0.164 e. The molecule has 0 aliphatic carbocycles. The van der Waals surface area contributed by atoms with Crippen molar-refractivity contribution in [3.8, 4) is 56.7 Å². The van der Waals surface area contributed by atoms with Crippen LogP contribution < -0.4 is 0 Å². The fourth-order valence-corrected chi connectivity index (χ4v) is 8.87. The molecule has 0 atom stereocenters. The van der Waals surface area contributed by atoms with Crippen LogP contribution in [0.1, 0.15) is 0 Å². The van der Waals surface area contributed by atoms with Gasteiger partial charge in [0.05, 0.1) is 22.1 Å². The molecule has 0 unspecified atom stereocenters. The van der Waals surface area contributed by atoms with Crippen molar-refractivity contribution in [2.24, 2.45) is 0 Å². The minimum absolute atomic E-state index is 0.637. The van der Waals surface area contributed by atoms with Crippen LogP contribution >= 0.6 is 0 Å². The molecule has 0 saturated heterocycles. The van der Waals surface area contributed by atoms with Crippen molar-refractivity contribution >= 4 is 54.4 Å². The van der Waals surface area contributed by atoms with Crippen LogP contribution in [0.5, 0.6) is 0 Å². The summed E-state index contributed by atoms with van der Waals surface area (Å²) in [7, 11) is 0. The van der Waals surface area contributed by atoms with E-state index in [4.69, 9.17) is 15.0 Å². The molecule has 0 aliphatic heterocycles. The van der Waals surface area contributed by atoms with Crippen molar-refractivity contribution in [2.45, 2.75) is 0 Å². The van der Waals surface area contributed by atoms with Gasteiger partial charge >= 0.3 is 0 Å². The molecule has 12 rings (SSSR count). The second-order valence-corrected chi connectivity index (χ2v) is 15.3. The third kappa shape index (κ3) is 5.59. The average molecular weight is 766 g/mol. The lowest BCUT2D eigenvalue weighted by Gasteiger charge is -2.11. The Labute approximate surface area is 346 Å². The third-order valence-corrected chi connectivity index (χ3v) is 11.8. The van der Waals surface area contributed by atoms with Crippen molar-refractivity contribution in [3.05, 3.63) is 212 Å². The van der Waals surface area contributed by atoms with Crippen molar-refractivity contribution < 1.29 is 0 Å². The van der Waals surface area contributed by atoms with Crippen LogP contribution in [0.3, 0.4) is 0 Å². The highest BCUT2D eigenvalue weighted by molar-refractivity contribution is 6.13. The zero-order valence-electron chi connectivity index (χ0n) is 32.4. The van der Waals surface area contributed by atoms with E-state index in [1.54, 1.807) is 0 Å². The molecule has 0 radical (unpaired) electrons. The average Bonchev–Trinajstić information content (AvgIpc) is 3.84. The lowest BCUT2D eigenvalue weighted by molar-refractivity contribution is 1.07. The minimum atomic E-state index is 0.637. The molecule has 0 aliphatic rings. The molecule has 5 nitrogen and oxygen atoms in total. The number of hydrogen-bond donors (Lipinski definition) is 0. The number of fused-ring (bicyclic) bond motifs is 7. The largest absolute Gasteiger partial charge is 0.309 e. The summed E-state index contributed by atoms with van der Waals surface area (Å²) < 4.78 is 4.75. The summed E-state index contributed by atoms with van der Waals surface area (Å²) in [5.41, 5.74) is 12.1. The molecule has 60 heavy (non-hydrogen) atoms. The molecule has 9 aromatic carbocycles. The van der Waals surface area contributed by atoms with E-state index in [9.17, 15) is 0 Å². The summed E-state index contributed by atoms with van der Waals surface area (Å²) in [6.07, 6.45) is 0. The quantitative estimate of drug-likeness (QED) is 0.169. The molecule has 12 aromatic rings. The van der Waals surface area contributed by atoms with Crippen molar-refractivity contribution in [2.75, 3.05) is 0 Å². The summed E-state index contributed by atoms with van der Waals surface area (Å²) in [5.74, 6) is 1.94. The normalized spacial score (nSPS) is 11.7. The van der Waals surface area contributed by atoms with Crippen molar-refractivity contribution in [1.82, 2.24) is 24.1 Å². The van der Waals surface area contributed by atoms with Crippen LogP contribution in [-0.4, -0.2) is 24.1 Å².